The van der Waals surface area contributed by atoms with Gasteiger partial charge in [-0.3, -0.25) is 9.59 Å². The van der Waals surface area contributed by atoms with Crippen LogP contribution in [0, 0.1) is 0 Å². The number of aromatic nitrogens is 2. The highest BCUT2D eigenvalue weighted by molar-refractivity contribution is 6.43. The van der Waals surface area contributed by atoms with Crippen LogP contribution in [0.4, 0.5) is 47.7 Å². The Bertz CT molecular complexity index is 1440. The zero-order chi connectivity index (χ0) is 29.0. The van der Waals surface area contributed by atoms with Crippen LogP contribution in [-0.4, -0.2) is 52.9 Å². The van der Waals surface area contributed by atoms with Gasteiger partial charge in [0.05, 0.1) is 16.8 Å². The summed E-state index contributed by atoms with van der Waals surface area (Å²) in [5.41, 5.74) is 0.281. The molecule has 4 rings (SSSR count). The van der Waals surface area contributed by atoms with Crippen LogP contribution in [0.3, 0.4) is 0 Å². The summed E-state index contributed by atoms with van der Waals surface area (Å²) in [4.78, 5) is 35.0. The first kappa shape index (κ1) is 29.0. The molecule has 0 radical (unpaired) electrons. The molecule has 1 aliphatic heterocycles. The van der Waals surface area contributed by atoms with E-state index < -0.39 is 17.6 Å². The molecule has 1 saturated heterocycles. The largest absolute Gasteiger partial charge is 0.418 e. The van der Waals surface area contributed by atoms with E-state index in [1.165, 1.54) is 25.3 Å². The number of hydrogen-bond donors (Lipinski definition) is 3. The van der Waals surface area contributed by atoms with Crippen molar-refractivity contribution in [2.24, 2.45) is 0 Å². The zero-order valence-corrected chi connectivity index (χ0v) is 22.7. The lowest BCUT2D eigenvalue weighted by Crippen LogP contribution is -2.48. The monoisotopic (exact) mass is 593 g/mol. The van der Waals surface area contributed by atoms with Gasteiger partial charge in [0, 0.05) is 55.9 Å². The van der Waals surface area contributed by atoms with E-state index in [4.69, 9.17) is 23.2 Å². The van der Waals surface area contributed by atoms with E-state index >= 15 is 0 Å². The second kappa shape index (κ2) is 12.0. The van der Waals surface area contributed by atoms with Crippen molar-refractivity contribution >= 4 is 69.5 Å². The summed E-state index contributed by atoms with van der Waals surface area (Å²) in [6.07, 6.45) is -3.32. The van der Waals surface area contributed by atoms with E-state index in [0.29, 0.717) is 24.5 Å². The van der Waals surface area contributed by atoms with Crippen LogP contribution in [0.2, 0.25) is 5.02 Å². The molecule has 2 heterocycles. The van der Waals surface area contributed by atoms with Crippen LogP contribution in [0.25, 0.3) is 0 Å². The van der Waals surface area contributed by atoms with Crippen LogP contribution in [0.1, 0.15) is 12.5 Å². The van der Waals surface area contributed by atoms with Gasteiger partial charge in [0.25, 0.3) is 5.91 Å². The van der Waals surface area contributed by atoms with Crippen LogP contribution in [0.5, 0.6) is 0 Å². The van der Waals surface area contributed by atoms with Crippen LogP contribution in [0.15, 0.2) is 60.3 Å². The lowest BCUT2D eigenvalue weighted by Gasteiger charge is -2.36. The van der Waals surface area contributed by atoms with E-state index in [-0.39, 0.29) is 52.2 Å². The Hall–Kier alpha value is -4.03. The standard InChI is InChI=1S/C26H24Cl2F3N7O2/c1-15(27)24(40)34-18-5-3-4-17(12-18)33-23-21(28)14-32-25(36-23)35-19-6-7-22(20(13-19)26(29,30)31)38-10-8-37(9-11-38)16(2)39/h3-7,12-14H,1,8-11H2,2H3,(H,34,40)(H2,32,33,35,36). The summed E-state index contributed by atoms with van der Waals surface area (Å²) in [5.74, 6) is -0.483. The average Bonchev–Trinajstić information content (AvgIpc) is 2.90. The van der Waals surface area contributed by atoms with Gasteiger partial charge in [0.15, 0.2) is 5.82 Å². The third-order valence-electron chi connectivity index (χ3n) is 6.00. The summed E-state index contributed by atoms with van der Waals surface area (Å²) in [5, 5.41) is 8.35. The minimum Gasteiger partial charge on any atom is -0.367 e. The molecule has 0 spiro atoms. The van der Waals surface area contributed by atoms with Crippen LogP contribution >= 0.6 is 23.2 Å². The minimum atomic E-state index is -4.62. The van der Waals surface area contributed by atoms with Crippen molar-refractivity contribution in [1.29, 1.82) is 0 Å². The fraction of sp³-hybridized carbons (Fsp3) is 0.231. The predicted molar refractivity (Wildman–Crippen MR) is 150 cm³/mol. The molecule has 14 heteroatoms. The van der Waals surface area contributed by atoms with E-state index in [1.807, 2.05) is 0 Å². The number of nitrogens with zero attached hydrogens (tertiary/aromatic N) is 4. The quantitative estimate of drug-likeness (QED) is 0.289. The van der Waals surface area contributed by atoms with Gasteiger partial charge in [-0.25, -0.2) is 4.98 Å². The van der Waals surface area contributed by atoms with Crippen molar-refractivity contribution < 1.29 is 22.8 Å². The zero-order valence-electron chi connectivity index (χ0n) is 21.1. The van der Waals surface area contributed by atoms with Crippen LogP contribution in [-0.2, 0) is 15.8 Å². The SMILES string of the molecule is C=C(Cl)C(=O)Nc1cccc(Nc2nc(Nc3ccc(N4CCN(C(C)=O)CC4)c(C(F)(F)F)c3)ncc2Cl)c1. The number of rotatable bonds is 7. The van der Waals surface area contributed by atoms with Gasteiger partial charge in [-0.15, -0.1) is 0 Å². The van der Waals surface area contributed by atoms with Gasteiger partial charge in [-0.1, -0.05) is 35.8 Å². The molecular formula is C26H24Cl2F3N7O2. The van der Waals surface area contributed by atoms with Gasteiger partial charge >= 0.3 is 6.18 Å². The van der Waals surface area contributed by atoms with Crippen molar-refractivity contribution in [2.45, 2.75) is 13.1 Å². The number of carbonyl (C=O) groups excluding carboxylic acids is 2. The molecule has 0 bridgehead atoms. The van der Waals surface area contributed by atoms with Gasteiger partial charge < -0.3 is 25.8 Å². The van der Waals surface area contributed by atoms with Crippen molar-refractivity contribution in [2.75, 3.05) is 47.0 Å². The fourth-order valence-electron chi connectivity index (χ4n) is 4.03. The second-order valence-electron chi connectivity index (χ2n) is 8.80. The number of alkyl halides is 3. The second-order valence-corrected chi connectivity index (χ2v) is 9.67. The Morgan fingerprint density at radius 1 is 1.00 bits per heavy atom. The molecule has 9 nitrogen and oxygen atoms in total. The summed E-state index contributed by atoms with van der Waals surface area (Å²) in [6, 6.07) is 10.5. The highest BCUT2D eigenvalue weighted by atomic mass is 35.5. The highest BCUT2D eigenvalue weighted by Gasteiger charge is 2.36. The van der Waals surface area contributed by atoms with Crippen molar-refractivity contribution in [3.63, 3.8) is 0 Å². The molecule has 40 heavy (non-hydrogen) atoms. The van der Waals surface area contributed by atoms with Gasteiger partial charge in [-0.2, -0.15) is 18.2 Å². The molecule has 3 aromatic rings. The average molecular weight is 594 g/mol. The lowest BCUT2D eigenvalue weighted by atomic mass is 10.1. The Kier molecular flexibility index (Phi) is 8.70. The van der Waals surface area contributed by atoms with Crippen molar-refractivity contribution in [1.82, 2.24) is 14.9 Å². The smallest absolute Gasteiger partial charge is 0.367 e. The minimum absolute atomic E-state index is 0.00532. The maximum atomic E-state index is 14.0. The molecular weight excluding hydrogens is 570 g/mol. The molecule has 2 aromatic carbocycles. The molecule has 1 fully saturated rings. The third-order valence-corrected chi connectivity index (χ3v) is 6.45. The summed E-state index contributed by atoms with van der Waals surface area (Å²) in [7, 11) is 0. The Balaban J connectivity index is 1.53. The molecule has 0 aliphatic carbocycles. The van der Waals surface area contributed by atoms with Crippen molar-refractivity contribution in [3.05, 3.63) is 70.9 Å². The van der Waals surface area contributed by atoms with Crippen molar-refractivity contribution in [3.8, 4) is 0 Å². The van der Waals surface area contributed by atoms with E-state index in [1.54, 1.807) is 34.1 Å². The van der Waals surface area contributed by atoms with E-state index in [9.17, 15) is 22.8 Å². The Morgan fingerprint density at radius 2 is 1.68 bits per heavy atom. The normalized spacial score (nSPS) is 13.6. The van der Waals surface area contributed by atoms with E-state index in [2.05, 4.69) is 32.5 Å². The number of piperazine rings is 1. The first-order valence-corrected chi connectivity index (χ1v) is 12.7. The number of amides is 2. The number of anilines is 6. The first-order valence-electron chi connectivity index (χ1n) is 11.9. The highest BCUT2D eigenvalue weighted by Crippen LogP contribution is 2.39. The number of nitrogens with one attached hydrogen (secondary N) is 3. The third kappa shape index (κ3) is 7.13. The number of halogens is 5. The maximum Gasteiger partial charge on any atom is 0.418 e. The molecule has 210 valence electrons. The summed E-state index contributed by atoms with van der Waals surface area (Å²) >= 11 is 11.9. The number of hydrogen-bond acceptors (Lipinski definition) is 7. The van der Waals surface area contributed by atoms with E-state index in [0.717, 1.165) is 6.07 Å². The van der Waals surface area contributed by atoms with Gasteiger partial charge in [-0.05, 0) is 36.4 Å². The van der Waals surface area contributed by atoms with Gasteiger partial charge in [0.2, 0.25) is 11.9 Å². The molecule has 0 saturated carbocycles. The van der Waals surface area contributed by atoms with Crippen LogP contribution < -0.4 is 20.9 Å². The molecule has 0 unspecified atom stereocenters. The molecule has 2 amide bonds. The molecule has 0 atom stereocenters. The fourth-order valence-corrected chi connectivity index (χ4v) is 4.22. The lowest BCUT2D eigenvalue weighted by molar-refractivity contribution is -0.137. The summed E-state index contributed by atoms with van der Waals surface area (Å²) < 4.78 is 42.1. The van der Waals surface area contributed by atoms with Gasteiger partial charge in [0.1, 0.15) is 5.02 Å². The number of benzene rings is 2. The topological polar surface area (TPSA) is 102 Å². The Morgan fingerprint density at radius 3 is 2.33 bits per heavy atom. The number of carbonyl (C=O) groups is 2. The summed E-state index contributed by atoms with van der Waals surface area (Å²) in [6.45, 7) is 6.08. The predicted octanol–water partition coefficient (Wildman–Crippen LogP) is 6.00. The molecule has 1 aliphatic rings. The first-order chi connectivity index (χ1) is 18.9. The molecule has 1 aromatic heterocycles. The Labute approximate surface area is 238 Å². The molecule has 3 N–H and O–H groups in total. The maximum absolute atomic E-state index is 14.0.